The molecule has 3 N–H and O–H groups in total. The fourth-order valence-electron chi connectivity index (χ4n) is 1.93. The highest BCUT2D eigenvalue weighted by atomic mass is 35.5. The Morgan fingerprint density at radius 2 is 2.08 bits per heavy atom. The highest BCUT2D eigenvalue weighted by Crippen LogP contribution is 2.23. The van der Waals surface area contributed by atoms with E-state index in [0.29, 0.717) is 30.0 Å². The summed E-state index contributed by atoms with van der Waals surface area (Å²) in [5.41, 5.74) is 6.34. The molecule has 0 aliphatic heterocycles. The first-order chi connectivity index (χ1) is 11.0. The van der Waals surface area contributed by atoms with Crippen LogP contribution in [0.15, 0.2) is 42.6 Å². The van der Waals surface area contributed by atoms with Crippen LogP contribution in [-0.4, -0.2) is 16.9 Å². The number of halogens is 3. The molecule has 8 heteroatoms. The van der Waals surface area contributed by atoms with Gasteiger partial charge >= 0.3 is 0 Å². The number of carbonyl (C=O) groups excluding carboxylic acids is 1. The van der Waals surface area contributed by atoms with Gasteiger partial charge in [-0.3, -0.25) is 4.79 Å². The van der Waals surface area contributed by atoms with Gasteiger partial charge in [-0.1, -0.05) is 12.1 Å². The Morgan fingerprint density at radius 1 is 1.32 bits per heavy atom. The average Bonchev–Trinajstić information content (AvgIpc) is 2.52. The molecule has 0 saturated heterocycles. The van der Waals surface area contributed by atoms with Crippen LogP contribution in [0.1, 0.15) is 25.3 Å². The second-order valence-electron chi connectivity index (χ2n) is 5.32. The van der Waals surface area contributed by atoms with Crippen LogP contribution < -0.4 is 15.8 Å². The van der Waals surface area contributed by atoms with Gasteiger partial charge in [0.25, 0.3) is 0 Å². The normalized spacial score (nSPS) is 10.8. The molecule has 0 spiro atoms. The summed E-state index contributed by atoms with van der Waals surface area (Å²) in [7, 11) is 0. The van der Waals surface area contributed by atoms with E-state index in [1.54, 1.807) is 30.5 Å². The molecular formula is C17H22Cl2FN3O2. The van der Waals surface area contributed by atoms with Gasteiger partial charge in [0.15, 0.2) is 0 Å². The number of ether oxygens (including phenoxy) is 1. The molecule has 1 atom stereocenters. The number of pyridine rings is 1. The van der Waals surface area contributed by atoms with Crippen LogP contribution in [0.25, 0.3) is 0 Å². The van der Waals surface area contributed by atoms with E-state index >= 15 is 0 Å². The smallest absolute Gasteiger partial charge is 0.224 e. The number of hydrogen-bond donors (Lipinski definition) is 2. The number of nitrogens with zero attached hydrogens (tertiary/aromatic N) is 1. The third-order valence-electron chi connectivity index (χ3n) is 3.16. The lowest BCUT2D eigenvalue weighted by Gasteiger charge is -2.11. The Kier molecular flexibility index (Phi) is 10.7. The second kappa shape index (κ2) is 11.6. The Balaban J connectivity index is 0.00000288. The van der Waals surface area contributed by atoms with Gasteiger partial charge in [-0.2, -0.15) is 0 Å². The highest BCUT2D eigenvalue weighted by Gasteiger charge is 2.09. The van der Waals surface area contributed by atoms with E-state index in [1.165, 1.54) is 12.1 Å². The number of hydrogen-bond acceptors (Lipinski definition) is 4. The predicted molar refractivity (Wildman–Crippen MR) is 99.9 cm³/mol. The van der Waals surface area contributed by atoms with Crippen LogP contribution in [-0.2, 0) is 11.3 Å². The summed E-state index contributed by atoms with van der Waals surface area (Å²) in [6, 6.07) is 9.36. The maximum Gasteiger partial charge on any atom is 0.224 e. The summed E-state index contributed by atoms with van der Waals surface area (Å²) in [5, 5.41) is 2.80. The molecule has 2 aromatic rings. The summed E-state index contributed by atoms with van der Waals surface area (Å²) in [4.78, 5) is 15.9. The first-order valence-electron chi connectivity index (χ1n) is 7.44. The van der Waals surface area contributed by atoms with E-state index in [-0.39, 0.29) is 49.1 Å². The molecule has 0 saturated carbocycles. The van der Waals surface area contributed by atoms with Gasteiger partial charge in [0.1, 0.15) is 11.6 Å². The van der Waals surface area contributed by atoms with Gasteiger partial charge in [0, 0.05) is 36.8 Å². The van der Waals surface area contributed by atoms with Crippen LogP contribution in [0.5, 0.6) is 11.6 Å². The van der Waals surface area contributed by atoms with Crippen LogP contribution in [0.2, 0.25) is 0 Å². The Morgan fingerprint density at radius 3 is 2.76 bits per heavy atom. The van der Waals surface area contributed by atoms with Crippen LogP contribution in [0.3, 0.4) is 0 Å². The molecule has 1 unspecified atom stereocenters. The standard InChI is InChI=1S/C17H20FN3O2.2ClH/c1-12(19)7-8-16(22)21-11-13-4-3-9-20-17(13)23-15-6-2-5-14(18)10-15;;/h2-6,9-10,12H,7-8,11,19H2,1H3,(H,21,22);2*1H. The number of benzene rings is 1. The minimum absolute atomic E-state index is 0. The zero-order valence-electron chi connectivity index (χ0n) is 13.8. The molecule has 0 fully saturated rings. The lowest BCUT2D eigenvalue weighted by Crippen LogP contribution is -2.25. The van der Waals surface area contributed by atoms with Crippen molar-refractivity contribution >= 4 is 30.7 Å². The summed E-state index contributed by atoms with van der Waals surface area (Å²) >= 11 is 0. The summed E-state index contributed by atoms with van der Waals surface area (Å²) in [5.74, 6) is 0.228. The Bertz CT molecular complexity index is 672. The maximum absolute atomic E-state index is 13.2. The van der Waals surface area contributed by atoms with Crippen molar-refractivity contribution in [2.24, 2.45) is 5.73 Å². The minimum Gasteiger partial charge on any atom is -0.439 e. The lowest BCUT2D eigenvalue weighted by atomic mass is 10.2. The zero-order chi connectivity index (χ0) is 16.7. The van der Waals surface area contributed by atoms with Crippen molar-refractivity contribution in [3.63, 3.8) is 0 Å². The third kappa shape index (κ3) is 8.16. The van der Waals surface area contributed by atoms with E-state index < -0.39 is 0 Å². The average molecular weight is 390 g/mol. The molecule has 5 nitrogen and oxygen atoms in total. The van der Waals surface area contributed by atoms with Crippen LogP contribution >= 0.6 is 24.8 Å². The molecule has 1 aromatic heterocycles. The number of aromatic nitrogens is 1. The highest BCUT2D eigenvalue weighted by molar-refractivity contribution is 5.85. The van der Waals surface area contributed by atoms with E-state index in [2.05, 4.69) is 10.3 Å². The van der Waals surface area contributed by atoms with E-state index in [4.69, 9.17) is 10.5 Å². The topological polar surface area (TPSA) is 77.2 Å². The van der Waals surface area contributed by atoms with E-state index in [1.807, 2.05) is 6.92 Å². The summed E-state index contributed by atoms with van der Waals surface area (Å²) in [6.45, 7) is 2.15. The quantitative estimate of drug-likeness (QED) is 0.758. The molecule has 0 radical (unpaired) electrons. The summed E-state index contributed by atoms with van der Waals surface area (Å²) < 4.78 is 18.8. The van der Waals surface area contributed by atoms with Crippen molar-refractivity contribution in [3.8, 4) is 11.6 Å². The molecule has 1 amide bonds. The fourth-order valence-corrected chi connectivity index (χ4v) is 1.93. The SMILES string of the molecule is CC(N)CCC(=O)NCc1cccnc1Oc1cccc(F)c1.Cl.Cl. The van der Waals surface area contributed by atoms with Crippen molar-refractivity contribution < 1.29 is 13.9 Å². The fraction of sp³-hybridized carbons (Fsp3) is 0.294. The molecule has 1 aromatic carbocycles. The van der Waals surface area contributed by atoms with Crippen LogP contribution in [0.4, 0.5) is 4.39 Å². The van der Waals surface area contributed by atoms with E-state index in [0.717, 1.165) is 0 Å². The van der Waals surface area contributed by atoms with Gasteiger partial charge in [0.05, 0.1) is 0 Å². The van der Waals surface area contributed by atoms with Crippen LogP contribution in [0, 0.1) is 5.82 Å². The largest absolute Gasteiger partial charge is 0.439 e. The molecule has 0 aliphatic rings. The van der Waals surface area contributed by atoms with Gasteiger partial charge in [0.2, 0.25) is 11.8 Å². The van der Waals surface area contributed by atoms with E-state index in [9.17, 15) is 9.18 Å². The Hall–Kier alpha value is -1.89. The monoisotopic (exact) mass is 389 g/mol. The van der Waals surface area contributed by atoms with Gasteiger partial charge in [-0.25, -0.2) is 9.37 Å². The van der Waals surface area contributed by atoms with Crippen molar-refractivity contribution in [2.75, 3.05) is 0 Å². The second-order valence-corrected chi connectivity index (χ2v) is 5.32. The maximum atomic E-state index is 13.2. The first-order valence-corrected chi connectivity index (χ1v) is 7.44. The Labute approximate surface area is 159 Å². The molecule has 0 bridgehead atoms. The number of carbonyl (C=O) groups is 1. The predicted octanol–water partition coefficient (Wildman–Crippen LogP) is 3.60. The van der Waals surface area contributed by atoms with Crippen molar-refractivity contribution in [3.05, 3.63) is 54.0 Å². The van der Waals surface area contributed by atoms with Crippen molar-refractivity contribution in [2.45, 2.75) is 32.4 Å². The zero-order valence-corrected chi connectivity index (χ0v) is 15.4. The van der Waals surface area contributed by atoms with Gasteiger partial charge < -0.3 is 15.8 Å². The molecule has 2 rings (SSSR count). The van der Waals surface area contributed by atoms with Crippen molar-refractivity contribution in [1.82, 2.24) is 10.3 Å². The number of nitrogens with two attached hydrogens (primary N) is 1. The molecule has 0 aliphatic carbocycles. The number of rotatable bonds is 7. The van der Waals surface area contributed by atoms with Gasteiger partial charge in [-0.05, 0) is 31.5 Å². The lowest BCUT2D eigenvalue weighted by molar-refractivity contribution is -0.121. The number of amides is 1. The number of nitrogens with one attached hydrogen (secondary N) is 1. The summed E-state index contributed by atoms with van der Waals surface area (Å²) in [6.07, 6.45) is 2.58. The van der Waals surface area contributed by atoms with Gasteiger partial charge in [-0.15, -0.1) is 24.8 Å². The molecular weight excluding hydrogens is 368 g/mol. The molecule has 1 heterocycles. The molecule has 25 heavy (non-hydrogen) atoms. The molecule has 138 valence electrons. The first kappa shape index (κ1) is 23.1. The van der Waals surface area contributed by atoms with Crippen molar-refractivity contribution in [1.29, 1.82) is 0 Å². The third-order valence-corrected chi connectivity index (χ3v) is 3.16. The minimum atomic E-state index is -0.385.